The second kappa shape index (κ2) is 10.7. The maximum absolute atomic E-state index is 12.0. The summed E-state index contributed by atoms with van der Waals surface area (Å²) < 4.78 is 8.02. The number of aromatic nitrogens is 2. The predicted molar refractivity (Wildman–Crippen MR) is 146 cm³/mol. The number of thiocarbonyl (C=S) groups is 1. The Bertz CT molecular complexity index is 1220. The standard InChI is InChI=1S/C28H33N5O2S/c1-3-25(34)30-22-13-12-21(17-24(22)35-2)33-27(26(31-28(33)36)23-11-7-8-15-29-23)19-14-16-32(18-19)20-9-5-4-6-10-20/h7-8,11-18,20,26-27H,3-6,9-10H2,1-2H3,(H,30,34)(H,31,36)/t26-,27-/m0/s1. The van der Waals surface area contributed by atoms with Gasteiger partial charge in [-0.05, 0) is 61.0 Å². The molecule has 1 saturated heterocycles. The van der Waals surface area contributed by atoms with Crippen molar-refractivity contribution in [1.29, 1.82) is 0 Å². The molecule has 2 aliphatic rings. The minimum Gasteiger partial charge on any atom is -0.494 e. The van der Waals surface area contributed by atoms with Crippen molar-refractivity contribution < 1.29 is 9.53 Å². The van der Waals surface area contributed by atoms with Gasteiger partial charge in [0.15, 0.2) is 5.11 Å². The first-order chi connectivity index (χ1) is 17.6. The van der Waals surface area contributed by atoms with Crippen molar-refractivity contribution in [3.8, 4) is 5.75 Å². The van der Waals surface area contributed by atoms with Crippen LogP contribution in [-0.2, 0) is 4.79 Å². The van der Waals surface area contributed by atoms with E-state index in [1.54, 1.807) is 7.11 Å². The Hall–Kier alpha value is -3.39. The fraction of sp³-hybridized carbons (Fsp3) is 0.393. The molecule has 0 unspecified atom stereocenters. The first-order valence-corrected chi connectivity index (χ1v) is 13.2. The molecule has 1 amide bonds. The number of hydrogen-bond acceptors (Lipinski definition) is 4. The third kappa shape index (κ3) is 4.82. The monoisotopic (exact) mass is 503 g/mol. The molecule has 1 aliphatic carbocycles. The quantitative estimate of drug-likeness (QED) is 0.390. The van der Waals surface area contributed by atoms with Crippen LogP contribution in [0.1, 0.15) is 74.8 Å². The number of amides is 1. The second-order valence-corrected chi connectivity index (χ2v) is 9.85. The molecule has 0 bridgehead atoms. The number of carbonyl (C=O) groups excluding carboxylic acids is 1. The molecule has 1 saturated carbocycles. The Morgan fingerprint density at radius 2 is 2.03 bits per heavy atom. The summed E-state index contributed by atoms with van der Waals surface area (Å²) in [5.41, 5.74) is 3.67. The minimum absolute atomic E-state index is 0.0587. The number of carbonyl (C=O) groups is 1. The molecule has 1 aliphatic heterocycles. The number of ether oxygens (including phenoxy) is 1. The first-order valence-electron chi connectivity index (χ1n) is 12.7. The van der Waals surface area contributed by atoms with Crippen LogP contribution in [0.15, 0.2) is 61.1 Å². The Morgan fingerprint density at radius 3 is 2.75 bits per heavy atom. The number of nitrogens with one attached hydrogen (secondary N) is 2. The fourth-order valence-electron chi connectivity index (χ4n) is 5.36. The van der Waals surface area contributed by atoms with Gasteiger partial charge in [0.2, 0.25) is 5.91 Å². The van der Waals surface area contributed by atoms with Gasteiger partial charge in [0.05, 0.1) is 30.6 Å². The highest BCUT2D eigenvalue weighted by atomic mass is 32.1. The normalized spacial score (nSPS) is 20.3. The highest BCUT2D eigenvalue weighted by molar-refractivity contribution is 7.80. The van der Waals surface area contributed by atoms with E-state index in [2.05, 4.69) is 43.5 Å². The zero-order valence-corrected chi connectivity index (χ0v) is 21.6. The number of anilines is 2. The predicted octanol–water partition coefficient (Wildman–Crippen LogP) is 5.92. The Morgan fingerprint density at radius 1 is 1.19 bits per heavy atom. The van der Waals surface area contributed by atoms with Crippen LogP contribution in [-0.4, -0.2) is 27.7 Å². The zero-order valence-electron chi connectivity index (χ0n) is 20.8. The van der Waals surface area contributed by atoms with Gasteiger partial charge >= 0.3 is 0 Å². The summed E-state index contributed by atoms with van der Waals surface area (Å²) >= 11 is 5.88. The van der Waals surface area contributed by atoms with E-state index in [0.717, 1.165) is 11.4 Å². The number of methoxy groups -OCH3 is 1. The average Bonchev–Trinajstić information content (AvgIpc) is 3.54. The smallest absolute Gasteiger partial charge is 0.224 e. The highest BCUT2D eigenvalue weighted by Crippen LogP contribution is 2.44. The maximum atomic E-state index is 12.0. The zero-order chi connectivity index (χ0) is 25.1. The summed E-state index contributed by atoms with van der Waals surface area (Å²) in [4.78, 5) is 18.8. The van der Waals surface area contributed by atoms with Crippen LogP contribution >= 0.6 is 12.2 Å². The Balaban J connectivity index is 1.53. The summed E-state index contributed by atoms with van der Waals surface area (Å²) in [7, 11) is 1.61. The van der Waals surface area contributed by atoms with Gasteiger partial charge in [-0.3, -0.25) is 9.78 Å². The van der Waals surface area contributed by atoms with Crippen molar-refractivity contribution >= 4 is 34.6 Å². The maximum Gasteiger partial charge on any atom is 0.224 e. The second-order valence-electron chi connectivity index (χ2n) is 9.47. The molecular weight excluding hydrogens is 470 g/mol. The lowest BCUT2D eigenvalue weighted by atomic mass is 9.95. The van der Waals surface area contributed by atoms with Crippen molar-refractivity contribution in [2.24, 2.45) is 0 Å². The lowest BCUT2D eigenvalue weighted by molar-refractivity contribution is -0.115. The number of benzene rings is 1. The molecule has 7 nitrogen and oxygen atoms in total. The van der Waals surface area contributed by atoms with Crippen LogP contribution in [0.25, 0.3) is 0 Å². The average molecular weight is 504 g/mol. The van der Waals surface area contributed by atoms with Gasteiger partial charge in [-0.15, -0.1) is 0 Å². The molecule has 2 aromatic heterocycles. The fourth-order valence-corrected chi connectivity index (χ4v) is 5.70. The molecule has 1 aromatic carbocycles. The molecule has 0 radical (unpaired) electrons. The Labute approximate surface area is 217 Å². The van der Waals surface area contributed by atoms with E-state index < -0.39 is 0 Å². The van der Waals surface area contributed by atoms with E-state index in [9.17, 15) is 4.79 Å². The SMILES string of the molecule is CCC(=O)Nc1ccc(N2C(=S)N[C@@H](c3ccccn3)[C@@H]2c2ccn(C3CCCCC3)c2)cc1OC. The van der Waals surface area contributed by atoms with Crippen molar-refractivity contribution in [1.82, 2.24) is 14.9 Å². The van der Waals surface area contributed by atoms with E-state index in [1.165, 1.54) is 37.7 Å². The molecule has 2 atom stereocenters. The topological polar surface area (TPSA) is 71.4 Å². The molecule has 2 fully saturated rings. The van der Waals surface area contributed by atoms with Gasteiger partial charge in [0.25, 0.3) is 0 Å². The van der Waals surface area contributed by atoms with Gasteiger partial charge in [-0.1, -0.05) is 32.3 Å². The van der Waals surface area contributed by atoms with Crippen LogP contribution in [0.2, 0.25) is 0 Å². The number of rotatable bonds is 7. The van der Waals surface area contributed by atoms with Crippen molar-refractivity contribution in [2.75, 3.05) is 17.3 Å². The molecule has 3 heterocycles. The number of pyridine rings is 1. The van der Waals surface area contributed by atoms with Gasteiger partial charge in [-0.2, -0.15) is 0 Å². The van der Waals surface area contributed by atoms with E-state index in [1.807, 2.05) is 49.5 Å². The number of nitrogens with zero attached hydrogens (tertiary/aromatic N) is 3. The van der Waals surface area contributed by atoms with Gasteiger partial charge in [0.1, 0.15) is 5.75 Å². The van der Waals surface area contributed by atoms with Crippen molar-refractivity contribution in [2.45, 2.75) is 63.6 Å². The van der Waals surface area contributed by atoms with Crippen LogP contribution in [0, 0.1) is 0 Å². The van der Waals surface area contributed by atoms with Crippen molar-refractivity contribution in [3.05, 3.63) is 72.3 Å². The lowest BCUT2D eigenvalue weighted by Gasteiger charge is -2.28. The number of hydrogen-bond donors (Lipinski definition) is 2. The van der Waals surface area contributed by atoms with Gasteiger partial charge < -0.3 is 24.8 Å². The Kier molecular flexibility index (Phi) is 7.23. The van der Waals surface area contributed by atoms with Gasteiger partial charge in [-0.25, -0.2) is 0 Å². The summed E-state index contributed by atoms with van der Waals surface area (Å²) in [6.45, 7) is 1.83. The van der Waals surface area contributed by atoms with Crippen LogP contribution in [0.3, 0.4) is 0 Å². The summed E-state index contributed by atoms with van der Waals surface area (Å²) in [5, 5.41) is 7.07. The van der Waals surface area contributed by atoms with Crippen LogP contribution < -0.4 is 20.3 Å². The summed E-state index contributed by atoms with van der Waals surface area (Å²) in [5.74, 6) is 0.536. The molecule has 188 valence electrons. The van der Waals surface area contributed by atoms with E-state index in [4.69, 9.17) is 17.0 Å². The third-order valence-corrected chi connectivity index (χ3v) is 7.55. The molecule has 8 heteroatoms. The minimum atomic E-state index is -0.105. The summed E-state index contributed by atoms with van der Waals surface area (Å²) in [6.07, 6.45) is 13.1. The largest absolute Gasteiger partial charge is 0.494 e. The molecule has 0 spiro atoms. The molecular formula is C28H33N5O2S. The van der Waals surface area contributed by atoms with Crippen LogP contribution in [0.5, 0.6) is 5.75 Å². The third-order valence-electron chi connectivity index (χ3n) is 7.23. The van der Waals surface area contributed by atoms with Gasteiger partial charge in [0, 0.05) is 42.8 Å². The molecule has 36 heavy (non-hydrogen) atoms. The van der Waals surface area contributed by atoms with Crippen LogP contribution in [0.4, 0.5) is 11.4 Å². The first kappa shape index (κ1) is 24.3. The van der Waals surface area contributed by atoms with Crippen molar-refractivity contribution in [3.63, 3.8) is 0 Å². The van der Waals surface area contributed by atoms with E-state index in [0.29, 0.717) is 29.0 Å². The van der Waals surface area contributed by atoms with E-state index in [-0.39, 0.29) is 18.0 Å². The summed E-state index contributed by atoms with van der Waals surface area (Å²) in [6, 6.07) is 14.3. The molecule has 2 N–H and O–H groups in total. The highest BCUT2D eigenvalue weighted by Gasteiger charge is 2.41. The molecule has 3 aromatic rings. The molecule has 5 rings (SSSR count). The lowest BCUT2D eigenvalue weighted by Crippen LogP contribution is -2.29. The van der Waals surface area contributed by atoms with E-state index >= 15 is 0 Å².